The highest BCUT2D eigenvalue weighted by Crippen LogP contribution is 2.25. The van der Waals surface area contributed by atoms with Gasteiger partial charge in [0, 0.05) is 30.3 Å². The minimum absolute atomic E-state index is 0.0753. The number of aliphatic hydroxyl groups is 1. The van der Waals surface area contributed by atoms with Gasteiger partial charge < -0.3 is 10.0 Å². The molecule has 0 bridgehead atoms. The average molecular weight is 249 g/mol. The summed E-state index contributed by atoms with van der Waals surface area (Å²) in [5.74, 6) is 1.39. The predicted molar refractivity (Wildman–Crippen MR) is 71.6 cm³/mol. The number of nitrogens with zero attached hydrogens (tertiary/aromatic N) is 3. The second kappa shape index (κ2) is 6.25. The molecule has 0 radical (unpaired) electrons. The summed E-state index contributed by atoms with van der Waals surface area (Å²) in [5.41, 5.74) is 1.14. The van der Waals surface area contributed by atoms with E-state index in [2.05, 4.69) is 28.8 Å². The van der Waals surface area contributed by atoms with Gasteiger partial charge >= 0.3 is 0 Å². The normalized spacial score (nSPS) is 22.9. The Morgan fingerprint density at radius 2 is 2.39 bits per heavy atom. The highest BCUT2D eigenvalue weighted by molar-refractivity contribution is 5.12. The van der Waals surface area contributed by atoms with Crippen molar-refractivity contribution in [2.75, 3.05) is 26.7 Å². The number of aromatic nitrogens is 2. The Bertz CT molecular complexity index is 379. The third kappa shape index (κ3) is 3.06. The van der Waals surface area contributed by atoms with Crippen LogP contribution < -0.4 is 0 Å². The van der Waals surface area contributed by atoms with Gasteiger partial charge in [0.2, 0.25) is 0 Å². The number of likely N-dealkylation sites (tertiary alicyclic amines) is 1. The third-order valence-electron chi connectivity index (χ3n) is 3.82. The summed E-state index contributed by atoms with van der Waals surface area (Å²) < 4.78 is 0. The number of rotatable bonds is 4. The lowest BCUT2D eigenvalue weighted by Crippen LogP contribution is -2.31. The topological polar surface area (TPSA) is 49.3 Å². The van der Waals surface area contributed by atoms with E-state index in [4.69, 9.17) is 0 Å². The Kier molecular flexibility index (Phi) is 4.66. The van der Waals surface area contributed by atoms with E-state index in [9.17, 15) is 5.11 Å². The second-order valence-electron chi connectivity index (χ2n) is 5.23. The zero-order valence-electron chi connectivity index (χ0n) is 11.3. The van der Waals surface area contributed by atoms with Crippen LogP contribution in [0.4, 0.5) is 0 Å². The Hall–Kier alpha value is -1.00. The molecule has 100 valence electrons. The van der Waals surface area contributed by atoms with Gasteiger partial charge in [-0.25, -0.2) is 9.97 Å². The van der Waals surface area contributed by atoms with E-state index in [1.807, 2.05) is 12.3 Å². The van der Waals surface area contributed by atoms with Crippen LogP contribution in [0.15, 0.2) is 12.3 Å². The maximum atomic E-state index is 9.33. The van der Waals surface area contributed by atoms with Gasteiger partial charge in [0.05, 0.1) is 6.61 Å². The van der Waals surface area contributed by atoms with Crippen molar-refractivity contribution in [2.45, 2.75) is 38.0 Å². The van der Waals surface area contributed by atoms with Crippen molar-refractivity contribution in [2.24, 2.45) is 0 Å². The smallest absolute Gasteiger partial charge is 0.133 e. The van der Waals surface area contributed by atoms with Crippen LogP contribution in [0.5, 0.6) is 0 Å². The summed E-state index contributed by atoms with van der Waals surface area (Å²) in [5, 5.41) is 9.33. The molecule has 0 saturated carbocycles. The van der Waals surface area contributed by atoms with Gasteiger partial charge in [-0.1, -0.05) is 6.92 Å². The molecule has 0 spiro atoms. The maximum Gasteiger partial charge on any atom is 0.133 e. The van der Waals surface area contributed by atoms with Crippen LogP contribution in [0.2, 0.25) is 0 Å². The van der Waals surface area contributed by atoms with Crippen LogP contribution in [0.25, 0.3) is 0 Å². The van der Waals surface area contributed by atoms with E-state index in [1.54, 1.807) is 0 Å². The molecule has 1 aromatic heterocycles. The standard InChI is InChI=1S/C14H23N3O/c1-3-11(10-18)14-15-7-6-13(16-14)12-5-4-8-17(2)9-12/h6-7,11-12,18H,3-5,8-10H2,1-2H3. The van der Waals surface area contributed by atoms with Gasteiger partial charge in [0.15, 0.2) is 0 Å². The fourth-order valence-corrected chi connectivity index (χ4v) is 2.61. The minimum atomic E-state index is 0.0753. The lowest BCUT2D eigenvalue weighted by Gasteiger charge is -2.29. The molecule has 1 N–H and O–H groups in total. The van der Waals surface area contributed by atoms with E-state index >= 15 is 0 Å². The third-order valence-corrected chi connectivity index (χ3v) is 3.82. The second-order valence-corrected chi connectivity index (χ2v) is 5.23. The summed E-state index contributed by atoms with van der Waals surface area (Å²) in [6, 6.07) is 2.03. The molecule has 1 saturated heterocycles. The quantitative estimate of drug-likeness (QED) is 0.883. The molecule has 18 heavy (non-hydrogen) atoms. The Morgan fingerprint density at radius 1 is 1.56 bits per heavy atom. The van der Waals surface area contributed by atoms with Crippen LogP contribution in [-0.4, -0.2) is 46.7 Å². The van der Waals surface area contributed by atoms with Crippen molar-refractivity contribution in [3.63, 3.8) is 0 Å². The van der Waals surface area contributed by atoms with Gasteiger partial charge in [-0.05, 0) is 38.9 Å². The first-order valence-corrected chi connectivity index (χ1v) is 6.86. The monoisotopic (exact) mass is 249 g/mol. The molecule has 1 aliphatic heterocycles. The van der Waals surface area contributed by atoms with E-state index < -0.39 is 0 Å². The molecule has 1 fully saturated rings. The molecule has 1 aliphatic rings. The summed E-state index contributed by atoms with van der Waals surface area (Å²) in [6.45, 7) is 4.45. The zero-order valence-corrected chi connectivity index (χ0v) is 11.3. The van der Waals surface area contributed by atoms with Crippen LogP contribution >= 0.6 is 0 Å². The first-order valence-electron chi connectivity index (χ1n) is 6.86. The first kappa shape index (κ1) is 13.4. The molecule has 0 aliphatic carbocycles. The van der Waals surface area contributed by atoms with Crippen molar-refractivity contribution in [3.8, 4) is 0 Å². The first-order chi connectivity index (χ1) is 8.74. The largest absolute Gasteiger partial charge is 0.396 e. The number of hydrogen-bond donors (Lipinski definition) is 1. The fraction of sp³-hybridized carbons (Fsp3) is 0.714. The Balaban J connectivity index is 2.15. The van der Waals surface area contributed by atoms with Crippen LogP contribution in [-0.2, 0) is 0 Å². The summed E-state index contributed by atoms with van der Waals surface area (Å²) in [7, 11) is 2.16. The number of likely N-dealkylation sites (N-methyl/N-ethyl adjacent to an activating group) is 1. The zero-order chi connectivity index (χ0) is 13.0. The van der Waals surface area contributed by atoms with Crippen LogP contribution in [0.3, 0.4) is 0 Å². The number of hydrogen-bond acceptors (Lipinski definition) is 4. The predicted octanol–water partition coefficient (Wildman–Crippen LogP) is 1.77. The molecule has 1 aromatic rings. The summed E-state index contributed by atoms with van der Waals surface area (Å²) in [6.07, 6.45) is 5.16. The lowest BCUT2D eigenvalue weighted by molar-refractivity contribution is 0.245. The SMILES string of the molecule is CCC(CO)c1nccc(C2CCCN(C)C2)n1. The molecule has 0 amide bonds. The molecule has 2 rings (SSSR count). The Labute approximate surface area is 109 Å². The van der Waals surface area contributed by atoms with E-state index in [-0.39, 0.29) is 12.5 Å². The number of piperidine rings is 1. The molecule has 4 heteroatoms. The molecule has 4 nitrogen and oxygen atoms in total. The van der Waals surface area contributed by atoms with Crippen molar-refractivity contribution in [1.82, 2.24) is 14.9 Å². The van der Waals surface area contributed by atoms with Gasteiger partial charge in [-0.15, -0.1) is 0 Å². The summed E-state index contributed by atoms with van der Waals surface area (Å²) >= 11 is 0. The molecule has 0 aromatic carbocycles. The number of aliphatic hydroxyl groups excluding tert-OH is 1. The van der Waals surface area contributed by atoms with E-state index in [1.165, 1.54) is 19.4 Å². The lowest BCUT2D eigenvalue weighted by atomic mass is 9.94. The maximum absolute atomic E-state index is 9.33. The molecule has 2 heterocycles. The van der Waals surface area contributed by atoms with Crippen LogP contribution in [0, 0.1) is 0 Å². The Morgan fingerprint density at radius 3 is 3.06 bits per heavy atom. The molecular weight excluding hydrogens is 226 g/mol. The van der Waals surface area contributed by atoms with Crippen molar-refractivity contribution < 1.29 is 5.11 Å². The molecule has 2 unspecified atom stereocenters. The minimum Gasteiger partial charge on any atom is -0.396 e. The fourth-order valence-electron chi connectivity index (χ4n) is 2.61. The van der Waals surface area contributed by atoms with Crippen molar-refractivity contribution in [3.05, 3.63) is 23.8 Å². The van der Waals surface area contributed by atoms with Gasteiger partial charge in [-0.3, -0.25) is 0 Å². The van der Waals surface area contributed by atoms with E-state index in [0.717, 1.165) is 24.5 Å². The highest BCUT2D eigenvalue weighted by atomic mass is 16.3. The van der Waals surface area contributed by atoms with Crippen molar-refractivity contribution >= 4 is 0 Å². The highest BCUT2D eigenvalue weighted by Gasteiger charge is 2.21. The summed E-state index contributed by atoms with van der Waals surface area (Å²) in [4.78, 5) is 11.3. The van der Waals surface area contributed by atoms with Crippen molar-refractivity contribution in [1.29, 1.82) is 0 Å². The van der Waals surface area contributed by atoms with Crippen LogP contribution in [0.1, 0.15) is 49.5 Å². The van der Waals surface area contributed by atoms with Gasteiger partial charge in [-0.2, -0.15) is 0 Å². The average Bonchev–Trinajstić information content (AvgIpc) is 2.41. The van der Waals surface area contributed by atoms with Gasteiger partial charge in [0.25, 0.3) is 0 Å². The van der Waals surface area contributed by atoms with Gasteiger partial charge in [0.1, 0.15) is 5.82 Å². The van der Waals surface area contributed by atoms with E-state index in [0.29, 0.717) is 5.92 Å². The molecular formula is C14H23N3O. The molecule has 2 atom stereocenters.